The van der Waals surface area contributed by atoms with Crippen molar-refractivity contribution < 1.29 is 0 Å². The van der Waals surface area contributed by atoms with Gasteiger partial charge >= 0.3 is 0 Å². The van der Waals surface area contributed by atoms with Crippen LogP contribution in [0.2, 0.25) is 0 Å². The molecule has 0 heterocycles. The molecular weight excluding hydrogens is 179 g/mol. The minimum Gasteiger partial charge on any atom is -0.0975 e. The Kier molecular flexibility index (Phi) is 4.55. The van der Waals surface area contributed by atoms with Crippen LogP contribution in [-0.2, 0) is 0 Å². The second-order valence-corrected chi connectivity index (χ2v) is 3.33. The van der Waals surface area contributed by atoms with Crippen LogP contribution in [0.25, 0.3) is 0 Å². The zero-order chi connectivity index (χ0) is 9.02. The molecule has 0 bridgehead atoms. The molecule has 0 N–H and O–H groups in total. The molecule has 0 saturated heterocycles. The molecule has 0 aromatic heterocycles. The van der Waals surface area contributed by atoms with Crippen molar-refractivity contribution in [2.24, 2.45) is 5.92 Å². The number of rotatable bonds is 3. The van der Waals surface area contributed by atoms with Gasteiger partial charge in [0.15, 0.2) is 0 Å². The first-order chi connectivity index (χ1) is 5.00. The molecule has 0 unspecified atom stereocenters. The standard InChI is InChI=1S/C9H12Cl2/c1-5-8(10)9(11)7(4)6(2)3/h5-6H,1,4H2,2-3H3/b9-8-. The molecule has 2 heteroatoms. The molecule has 0 radical (unpaired) electrons. The Morgan fingerprint density at radius 2 is 1.82 bits per heavy atom. The maximum absolute atomic E-state index is 5.85. The maximum atomic E-state index is 5.85. The predicted molar refractivity (Wildman–Crippen MR) is 52.9 cm³/mol. The van der Waals surface area contributed by atoms with Gasteiger partial charge in [-0.25, -0.2) is 0 Å². The Bertz CT molecular complexity index is 200. The van der Waals surface area contributed by atoms with Crippen LogP contribution in [0.5, 0.6) is 0 Å². The van der Waals surface area contributed by atoms with Gasteiger partial charge in [0.25, 0.3) is 0 Å². The number of hydrogen-bond acceptors (Lipinski definition) is 0. The zero-order valence-electron chi connectivity index (χ0n) is 6.82. The normalized spacial score (nSPS) is 12.8. The Morgan fingerprint density at radius 1 is 1.36 bits per heavy atom. The van der Waals surface area contributed by atoms with E-state index >= 15 is 0 Å². The lowest BCUT2D eigenvalue weighted by Gasteiger charge is -2.08. The number of halogens is 2. The van der Waals surface area contributed by atoms with Crippen molar-refractivity contribution in [3.63, 3.8) is 0 Å². The van der Waals surface area contributed by atoms with Gasteiger partial charge in [0.05, 0.1) is 10.1 Å². The second kappa shape index (κ2) is 4.63. The van der Waals surface area contributed by atoms with E-state index in [9.17, 15) is 0 Å². The van der Waals surface area contributed by atoms with Gasteiger partial charge in [0.2, 0.25) is 0 Å². The number of hydrogen-bond donors (Lipinski definition) is 0. The smallest absolute Gasteiger partial charge is 0.0620 e. The third-order valence-corrected chi connectivity index (χ3v) is 2.25. The summed E-state index contributed by atoms with van der Waals surface area (Å²) >= 11 is 11.6. The van der Waals surface area contributed by atoms with Gasteiger partial charge in [0.1, 0.15) is 0 Å². The molecule has 0 spiro atoms. The van der Waals surface area contributed by atoms with Gasteiger partial charge in [-0.3, -0.25) is 0 Å². The zero-order valence-corrected chi connectivity index (χ0v) is 8.34. The minimum atomic E-state index is 0.316. The molecule has 0 nitrogen and oxygen atoms in total. The van der Waals surface area contributed by atoms with E-state index in [2.05, 4.69) is 13.2 Å². The first kappa shape index (κ1) is 10.8. The summed E-state index contributed by atoms with van der Waals surface area (Å²) in [6.45, 7) is 11.3. The van der Waals surface area contributed by atoms with Gasteiger partial charge in [-0.1, -0.05) is 50.2 Å². The molecular formula is C9H12Cl2. The highest BCUT2D eigenvalue weighted by atomic mass is 35.5. The Balaban J connectivity index is 4.60. The van der Waals surface area contributed by atoms with Crippen molar-refractivity contribution in [3.05, 3.63) is 34.9 Å². The molecule has 0 aliphatic heterocycles. The summed E-state index contributed by atoms with van der Waals surface area (Å²) < 4.78 is 0. The van der Waals surface area contributed by atoms with Crippen molar-refractivity contribution in [1.82, 2.24) is 0 Å². The van der Waals surface area contributed by atoms with Crippen molar-refractivity contribution >= 4 is 23.2 Å². The summed E-state index contributed by atoms with van der Waals surface area (Å²) in [4.78, 5) is 0. The van der Waals surface area contributed by atoms with Crippen LogP contribution in [0.1, 0.15) is 13.8 Å². The topological polar surface area (TPSA) is 0 Å². The lowest BCUT2D eigenvalue weighted by molar-refractivity contribution is 0.791. The van der Waals surface area contributed by atoms with Crippen molar-refractivity contribution in [2.45, 2.75) is 13.8 Å². The Labute approximate surface area is 78.2 Å². The molecule has 0 atom stereocenters. The van der Waals surface area contributed by atoms with Crippen LogP contribution >= 0.6 is 23.2 Å². The summed E-state index contributed by atoms with van der Waals surface area (Å²) in [5, 5.41) is 0.974. The van der Waals surface area contributed by atoms with Crippen LogP contribution < -0.4 is 0 Å². The van der Waals surface area contributed by atoms with Crippen LogP contribution in [0, 0.1) is 5.92 Å². The third kappa shape index (κ3) is 3.13. The minimum absolute atomic E-state index is 0.316. The van der Waals surface area contributed by atoms with E-state index in [1.54, 1.807) is 0 Å². The molecule has 0 rings (SSSR count). The van der Waals surface area contributed by atoms with Crippen LogP contribution in [0.4, 0.5) is 0 Å². The molecule has 0 aromatic carbocycles. The average molecular weight is 191 g/mol. The Morgan fingerprint density at radius 3 is 2.09 bits per heavy atom. The van der Waals surface area contributed by atoms with Gasteiger partial charge in [-0.05, 0) is 17.6 Å². The molecule has 62 valence electrons. The van der Waals surface area contributed by atoms with Crippen LogP contribution in [0.3, 0.4) is 0 Å². The lowest BCUT2D eigenvalue weighted by Crippen LogP contribution is -1.92. The molecule has 0 aromatic rings. The predicted octanol–water partition coefficient (Wildman–Crippen LogP) is 4.07. The van der Waals surface area contributed by atoms with Crippen molar-refractivity contribution in [2.75, 3.05) is 0 Å². The first-order valence-electron chi connectivity index (χ1n) is 3.37. The summed E-state index contributed by atoms with van der Waals surface area (Å²) in [6.07, 6.45) is 1.51. The molecule has 0 fully saturated rings. The summed E-state index contributed by atoms with van der Waals surface area (Å²) in [5.74, 6) is 0.316. The lowest BCUT2D eigenvalue weighted by atomic mass is 10.1. The van der Waals surface area contributed by atoms with Crippen molar-refractivity contribution in [1.29, 1.82) is 0 Å². The fraction of sp³-hybridized carbons (Fsp3) is 0.333. The fourth-order valence-corrected chi connectivity index (χ4v) is 0.913. The van der Waals surface area contributed by atoms with Crippen LogP contribution in [0.15, 0.2) is 34.9 Å². The molecule has 11 heavy (non-hydrogen) atoms. The van der Waals surface area contributed by atoms with E-state index in [1.807, 2.05) is 13.8 Å². The van der Waals surface area contributed by atoms with Gasteiger partial charge < -0.3 is 0 Å². The highest BCUT2D eigenvalue weighted by Gasteiger charge is 2.06. The van der Waals surface area contributed by atoms with Gasteiger partial charge in [0, 0.05) is 0 Å². The largest absolute Gasteiger partial charge is 0.0975 e. The van der Waals surface area contributed by atoms with E-state index in [4.69, 9.17) is 23.2 Å². The molecule has 0 saturated carbocycles. The molecule has 0 aliphatic rings. The fourth-order valence-electron chi connectivity index (χ4n) is 0.496. The highest BCUT2D eigenvalue weighted by molar-refractivity contribution is 6.41. The average Bonchev–Trinajstić information content (AvgIpc) is 2.00. The summed E-state index contributed by atoms with van der Waals surface area (Å²) in [5.41, 5.74) is 0.844. The van der Waals surface area contributed by atoms with E-state index in [0.29, 0.717) is 16.0 Å². The van der Waals surface area contributed by atoms with E-state index < -0.39 is 0 Å². The maximum Gasteiger partial charge on any atom is 0.0620 e. The molecule has 0 aliphatic carbocycles. The summed E-state index contributed by atoms with van der Waals surface area (Å²) in [7, 11) is 0. The van der Waals surface area contributed by atoms with Gasteiger partial charge in [-0.2, -0.15) is 0 Å². The van der Waals surface area contributed by atoms with Crippen LogP contribution in [-0.4, -0.2) is 0 Å². The van der Waals surface area contributed by atoms with Crippen molar-refractivity contribution in [3.8, 4) is 0 Å². The monoisotopic (exact) mass is 190 g/mol. The highest BCUT2D eigenvalue weighted by Crippen LogP contribution is 2.26. The first-order valence-corrected chi connectivity index (χ1v) is 4.13. The number of allylic oxidation sites excluding steroid dienone is 4. The SMILES string of the molecule is C=C/C(Cl)=C(/Cl)C(=C)C(C)C. The third-order valence-electron chi connectivity index (χ3n) is 1.37. The summed E-state index contributed by atoms with van der Waals surface area (Å²) in [6, 6.07) is 0. The van der Waals surface area contributed by atoms with E-state index in [1.165, 1.54) is 6.08 Å². The molecule has 0 amide bonds. The second-order valence-electron chi connectivity index (χ2n) is 2.55. The Hall–Kier alpha value is -0.200. The quantitative estimate of drug-likeness (QED) is 0.589. The van der Waals surface area contributed by atoms with E-state index in [0.717, 1.165) is 5.57 Å². The van der Waals surface area contributed by atoms with E-state index in [-0.39, 0.29) is 0 Å². The van der Waals surface area contributed by atoms with Gasteiger partial charge in [-0.15, -0.1) is 0 Å².